The molecule has 0 unspecified atom stereocenters. The minimum atomic E-state index is -1.61. The second-order valence-electron chi connectivity index (χ2n) is 9.50. The Kier molecular flexibility index (Phi) is 11.7. The predicted molar refractivity (Wildman–Crippen MR) is 103 cm³/mol. The molecule has 0 aromatic heterocycles. The van der Waals surface area contributed by atoms with Crippen molar-refractivity contribution in [1.29, 1.82) is 0 Å². The standard InChI is InChI=1S/C6H18OSi2.C4H12Si.C3H10OSi/c1-8(2,3)7-9(4,5)6;2*1-5(2,3)4/h1-6H3;1-4H3;4H,1-3H3. The van der Waals surface area contributed by atoms with Gasteiger partial charge in [0.15, 0.2) is 25.0 Å². The summed E-state index contributed by atoms with van der Waals surface area (Å²) in [7, 11) is -4.68. The summed E-state index contributed by atoms with van der Waals surface area (Å²) in [6, 6.07) is 0. The summed E-state index contributed by atoms with van der Waals surface area (Å²) < 4.78 is 5.90. The van der Waals surface area contributed by atoms with Crippen molar-refractivity contribution in [1.82, 2.24) is 0 Å². The van der Waals surface area contributed by atoms with Gasteiger partial charge in [-0.05, 0) is 58.9 Å². The fraction of sp³-hybridized carbons (Fsp3) is 1.00. The molecule has 0 bridgehead atoms. The molecule has 0 aromatic rings. The molecule has 0 rings (SSSR count). The predicted octanol–water partition coefficient (Wildman–Crippen LogP) is 5.44. The van der Waals surface area contributed by atoms with Crippen molar-refractivity contribution >= 4 is 33.0 Å². The van der Waals surface area contributed by atoms with Gasteiger partial charge in [0.05, 0.1) is 0 Å². The Hall–Kier alpha value is 0.788. The Morgan fingerprint density at radius 2 is 0.632 bits per heavy atom. The molecule has 1 N–H and O–H groups in total. The highest BCUT2D eigenvalue weighted by atomic mass is 28.4. The van der Waals surface area contributed by atoms with Gasteiger partial charge >= 0.3 is 0 Å². The zero-order valence-electron chi connectivity index (χ0n) is 15.9. The van der Waals surface area contributed by atoms with E-state index in [1.165, 1.54) is 0 Å². The second kappa shape index (κ2) is 8.94. The van der Waals surface area contributed by atoms with Crippen molar-refractivity contribution in [2.45, 2.75) is 85.1 Å². The van der Waals surface area contributed by atoms with Crippen LogP contribution in [0.3, 0.4) is 0 Å². The monoisotopic (exact) mass is 340 g/mol. The van der Waals surface area contributed by atoms with E-state index in [9.17, 15) is 0 Å². The fourth-order valence-electron chi connectivity index (χ4n) is 0.919. The first-order valence-electron chi connectivity index (χ1n) is 7.13. The molecule has 0 spiro atoms. The molecule has 0 aliphatic rings. The van der Waals surface area contributed by atoms with Gasteiger partial charge in [-0.2, -0.15) is 0 Å². The van der Waals surface area contributed by atoms with Crippen molar-refractivity contribution in [3.05, 3.63) is 0 Å². The third kappa shape index (κ3) is 115. The van der Waals surface area contributed by atoms with Crippen molar-refractivity contribution in [3.63, 3.8) is 0 Å². The summed E-state index contributed by atoms with van der Waals surface area (Å²) in [5.41, 5.74) is 0. The van der Waals surface area contributed by atoms with Crippen molar-refractivity contribution in [3.8, 4) is 0 Å². The van der Waals surface area contributed by atoms with Crippen LogP contribution in [0.2, 0.25) is 85.1 Å². The summed E-state index contributed by atoms with van der Waals surface area (Å²) in [5, 5.41) is 0. The van der Waals surface area contributed by atoms with Gasteiger partial charge in [-0.3, -0.25) is 0 Å². The average Bonchev–Trinajstić information content (AvgIpc) is 1.63. The van der Waals surface area contributed by atoms with Crippen molar-refractivity contribution in [2.24, 2.45) is 0 Å². The minimum absolute atomic E-state index is 0.611. The molecule has 120 valence electrons. The van der Waals surface area contributed by atoms with E-state index in [1.54, 1.807) is 0 Å². The first kappa shape index (κ1) is 24.8. The molecule has 0 saturated carbocycles. The molecule has 0 amide bonds. The Morgan fingerprint density at radius 1 is 0.526 bits per heavy atom. The molecule has 2 nitrogen and oxygen atoms in total. The maximum atomic E-state index is 8.66. The van der Waals surface area contributed by atoms with Crippen LogP contribution >= 0.6 is 0 Å². The third-order valence-electron chi connectivity index (χ3n) is 0.612. The summed E-state index contributed by atoms with van der Waals surface area (Å²) in [6.45, 7) is 28.4. The van der Waals surface area contributed by atoms with E-state index in [-0.39, 0.29) is 0 Å². The van der Waals surface area contributed by atoms with E-state index in [0.29, 0.717) is 0 Å². The lowest BCUT2D eigenvalue weighted by Gasteiger charge is -2.27. The van der Waals surface area contributed by atoms with Crippen LogP contribution in [0.15, 0.2) is 0 Å². The van der Waals surface area contributed by atoms with Crippen molar-refractivity contribution in [2.75, 3.05) is 0 Å². The molecule has 0 atom stereocenters. The van der Waals surface area contributed by atoms with E-state index in [2.05, 4.69) is 65.5 Å². The number of hydrogen-bond donors (Lipinski definition) is 1. The maximum Gasteiger partial charge on any atom is 0.179 e. The van der Waals surface area contributed by atoms with Gasteiger partial charge in [0.2, 0.25) is 0 Å². The molecule has 19 heavy (non-hydrogen) atoms. The van der Waals surface area contributed by atoms with Crippen LogP contribution in [-0.2, 0) is 4.12 Å². The zero-order valence-corrected chi connectivity index (χ0v) is 19.9. The largest absolute Gasteiger partial charge is 0.456 e. The summed E-state index contributed by atoms with van der Waals surface area (Å²) in [6.07, 6.45) is 0. The highest BCUT2D eigenvalue weighted by Crippen LogP contribution is 2.12. The first-order valence-corrected chi connectivity index (χ1v) is 21.4. The van der Waals surface area contributed by atoms with Crippen LogP contribution in [0.1, 0.15) is 0 Å². The van der Waals surface area contributed by atoms with Gasteiger partial charge in [0.1, 0.15) is 0 Å². The van der Waals surface area contributed by atoms with Crippen LogP contribution in [0, 0.1) is 0 Å². The lowest BCUT2D eigenvalue weighted by Crippen LogP contribution is -2.39. The van der Waals surface area contributed by atoms with Gasteiger partial charge in [0.25, 0.3) is 0 Å². The summed E-state index contributed by atoms with van der Waals surface area (Å²) >= 11 is 0. The molecule has 0 heterocycles. The molecule has 0 aromatic carbocycles. The maximum absolute atomic E-state index is 8.66. The summed E-state index contributed by atoms with van der Waals surface area (Å²) in [4.78, 5) is 8.66. The van der Waals surface area contributed by atoms with E-state index in [1.807, 2.05) is 19.6 Å². The Bertz CT molecular complexity index is 181. The Balaban J connectivity index is -0.000000219. The topological polar surface area (TPSA) is 29.5 Å². The normalized spacial score (nSPS) is 12.9. The smallest absolute Gasteiger partial charge is 0.179 e. The van der Waals surface area contributed by atoms with Crippen LogP contribution < -0.4 is 0 Å². The van der Waals surface area contributed by atoms with Gasteiger partial charge in [-0.1, -0.05) is 26.2 Å². The van der Waals surface area contributed by atoms with Crippen LogP contribution in [-0.4, -0.2) is 37.8 Å². The van der Waals surface area contributed by atoms with Crippen LogP contribution in [0.25, 0.3) is 0 Å². The molecular weight excluding hydrogens is 300 g/mol. The van der Waals surface area contributed by atoms with Gasteiger partial charge in [-0.25, -0.2) is 0 Å². The van der Waals surface area contributed by atoms with Gasteiger partial charge < -0.3 is 8.91 Å². The lowest BCUT2D eigenvalue weighted by atomic mass is 11.8. The molecule has 0 fully saturated rings. The second-order valence-corrected chi connectivity index (χ2v) is 29.1. The third-order valence-corrected chi connectivity index (χ3v) is 5.51. The quantitative estimate of drug-likeness (QED) is 0.678. The van der Waals surface area contributed by atoms with E-state index >= 15 is 0 Å². The molecule has 0 aliphatic heterocycles. The molecule has 0 radical (unpaired) electrons. The lowest BCUT2D eigenvalue weighted by molar-refractivity contribution is 0.558. The minimum Gasteiger partial charge on any atom is -0.456 e. The Morgan fingerprint density at radius 3 is 0.632 bits per heavy atom. The molecular formula is C13H40O2Si4. The number of hydrogen-bond acceptors (Lipinski definition) is 2. The van der Waals surface area contributed by atoms with E-state index in [4.69, 9.17) is 8.91 Å². The van der Waals surface area contributed by atoms with Gasteiger partial charge in [0, 0.05) is 8.07 Å². The molecule has 0 aliphatic carbocycles. The highest BCUT2D eigenvalue weighted by Gasteiger charge is 2.24. The van der Waals surface area contributed by atoms with Crippen LogP contribution in [0.4, 0.5) is 0 Å². The Labute approximate surface area is 127 Å². The zero-order chi connectivity index (χ0) is 16.7. The molecule has 0 saturated heterocycles. The first-order chi connectivity index (χ1) is 7.71. The van der Waals surface area contributed by atoms with Crippen LogP contribution in [0.5, 0.6) is 0 Å². The fourth-order valence-corrected chi connectivity index (χ4v) is 8.27. The highest BCUT2D eigenvalue weighted by molar-refractivity contribution is 6.83. The summed E-state index contributed by atoms with van der Waals surface area (Å²) in [5.74, 6) is 0. The number of rotatable bonds is 2. The SMILES string of the molecule is C[Si](C)(C)C.C[Si](C)(C)O.C[Si](C)(C)O[Si](C)(C)C. The van der Waals surface area contributed by atoms with Crippen molar-refractivity contribution < 1.29 is 8.91 Å². The van der Waals surface area contributed by atoms with Gasteiger partial charge in [-0.15, -0.1) is 0 Å². The van der Waals surface area contributed by atoms with E-state index in [0.717, 1.165) is 0 Å². The average molecular weight is 341 g/mol. The molecule has 6 heteroatoms. The van der Waals surface area contributed by atoms with E-state index < -0.39 is 33.0 Å².